The van der Waals surface area contributed by atoms with E-state index in [0.717, 1.165) is 4.70 Å². The van der Waals surface area contributed by atoms with E-state index in [-0.39, 0.29) is 9.92 Å². The van der Waals surface area contributed by atoms with Crippen molar-refractivity contribution in [2.45, 2.75) is 4.90 Å². The van der Waals surface area contributed by atoms with Crippen molar-refractivity contribution in [3.8, 4) is 0 Å². The zero-order valence-electron chi connectivity index (χ0n) is 6.77. The van der Waals surface area contributed by atoms with Gasteiger partial charge in [-0.2, -0.15) is 0 Å². The smallest absolute Gasteiger partial charge is 0.239 e. The Morgan fingerprint density at radius 2 is 2.14 bits per heavy atom. The van der Waals surface area contributed by atoms with Crippen LogP contribution in [-0.2, 0) is 10.0 Å². The second-order valence-electron chi connectivity index (χ2n) is 2.65. The minimum atomic E-state index is -3.76. The van der Waals surface area contributed by atoms with Gasteiger partial charge in [-0.3, -0.25) is 0 Å². The SMILES string of the molecule is NS(=O)(=O)c1cc2scnc2cc1Cl. The number of fused-ring (bicyclic) bond motifs is 1. The molecule has 0 amide bonds. The van der Waals surface area contributed by atoms with Crippen LogP contribution < -0.4 is 5.14 Å². The molecule has 0 aliphatic carbocycles. The zero-order valence-corrected chi connectivity index (χ0v) is 9.16. The van der Waals surface area contributed by atoms with Crippen molar-refractivity contribution < 1.29 is 8.42 Å². The Bertz CT molecular complexity index is 591. The van der Waals surface area contributed by atoms with Crippen molar-refractivity contribution in [1.82, 2.24) is 4.98 Å². The molecule has 0 atom stereocenters. The normalized spacial score (nSPS) is 12.1. The lowest BCUT2D eigenvalue weighted by molar-refractivity contribution is 0.598. The minimum Gasteiger partial charge on any atom is -0.245 e. The summed E-state index contributed by atoms with van der Waals surface area (Å²) in [6, 6.07) is 2.93. The molecular weight excluding hydrogens is 244 g/mol. The fraction of sp³-hybridized carbons (Fsp3) is 0. The number of primary sulfonamides is 1. The number of nitrogens with two attached hydrogens (primary N) is 1. The molecule has 1 aromatic carbocycles. The predicted molar refractivity (Wildman–Crippen MR) is 56.0 cm³/mol. The molecule has 0 saturated heterocycles. The first-order chi connectivity index (χ1) is 6.48. The molecule has 7 heteroatoms. The van der Waals surface area contributed by atoms with Crippen LogP contribution in [0.5, 0.6) is 0 Å². The molecule has 2 rings (SSSR count). The maximum atomic E-state index is 11.1. The van der Waals surface area contributed by atoms with Crippen LogP contribution in [0.15, 0.2) is 22.5 Å². The zero-order chi connectivity index (χ0) is 10.3. The molecule has 0 unspecified atom stereocenters. The Kier molecular flexibility index (Phi) is 2.23. The molecule has 1 heterocycles. The average Bonchev–Trinajstić information content (AvgIpc) is 2.47. The molecule has 0 fully saturated rings. The number of halogens is 1. The van der Waals surface area contributed by atoms with Gasteiger partial charge in [0.1, 0.15) is 4.90 Å². The van der Waals surface area contributed by atoms with Crippen LogP contribution in [0.25, 0.3) is 10.2 Å². The van der Waals surface area contributed by atoms with E-state index >= 15 is 0 Å². The van der Waals surface area contributed by atoms with Crippen molar-refractivity contribution >= 4 is 43.2 Å². The molecular formula is C7H5ClN2O2S2. The van der Waals surface area contributed by atoms with Crippen LogP contribution in [0.2, 0.25) is 5.02 Å². The summed E-state index contributed by atoms with van der Waals surface area (Å²) in [5, 5.41) is 5.09. The molecule has 74 valence electrons. The first kappa shape index (κ1) is 9.85. The highest BCUT2D eigenvalue weighted by atomic mass is 35.5. The molecule has 14 heavy (non-hydrogen) atoms. The number of hydrogen-bond acceptors (Lipinski definition) is 4. The summed E-state index contributed by atoms with van der Waals surface area (Å²) < 4.78 is 22.9. The highest BCUT2D eigenvalue weighted by Gasteiger charge is 2.14. The summed E-state index contributed by atoms with van der Waals surface area (Å²) in [6.45, 7) is 0. The van der Waals surface area contributed by atoms with Crippen LogP contribution in [0.3, 0.4) is 0 Å². The summed E-state index contributed by atoms with van der Waals surface area (Å²) in [6.07, 6.45) is 0. The summed E-state index contributed by atoms with van der Waals surface area (Å²) in [7, 11) is -3.76. The van der Waals surface area contributed by atoms with Gasteiger partial charge in [-0.05, 0) is 12.1 Å². The third-order valence-electron chi connectivity index (χ3n) is 1.69. The van der Waals surface area contributed by atoms with Crippen LogP contribution in [0.1, 0.15) is 0 Å². The standard InChI is InChI=1S/C7H5ClN2O2S2/c8-4-1-5-6(13-3-10-5)2-7(4)14(9,11)12/h1-3H,(H2,9,11,12). The van der Waals surface area contributed by atoms with Crippen LogP contribution >= 0.6 is 22.9 Å². The molecule has 0 aliphatic rings. The Hall–Kier alpha value is -0.690. The van der Waals surface area contributed by atoms with E-state index < -0.39 is 10.0 Å². The summed E-state index contributed by atoms with van der Waals surface area (Å²) in [5.74, 6) is 0. The largest absolute Gasteiger partial charge is 0.245 e. The van der Waals surface area contributed by atoms with E-state index in [0.29, 0.717) is 5.52 Å². The van der Waals surface area contributed by atoms with Crippen LogP contribution in [-0.4, -0.2) is 13.4 Å². The van der Waals surface area contributed by atoms with E-state index in [2.05, 4.69) is 4.98 Å². The number of benzene rings is 1. The Balaban J connectivity index is 2.84. The number of sulfonamides is 1. The fourth-order valence-electron chi connectivity index (χ4n) is 1.08. The lowest BCUT2D eigenvalue weighted by Gasteiger charge is -2.00. The number of hydrogen-bond donors (Lipinski definition) is 1. The Morgan fingerprint density at radius 3 is 2.79 bits per heavy atom. The second-order valence-corrected chi connectivity index (χ2v) is 5.47. The fourth-order valence-corrected chi connectivity index (χ4v) is 2.94. The maximum absolute atomic E-state index is 11.1. The molecule has 1 aromatic heterocycles. The van der Waals surface area contributed by atoms with Crippen molar-refractivity contribution in [2.75, 3.05) is 0 Å². The lowest BCUT2D eigenvalue weighted by Crippen LogP contribution is -2.12. The Morgan fingerprint density at radius 1 is 1.43 bits per heavy atom. The van der Waals surface area contributed by atoms with Gasteiger partial charge in [-0.15, -0.1) is 11.3 Å². The van der Waals surface area contributed by atoms with Gasteiger partial charge in [-0.1, -0.05) is 11.6 Å². The number of rotatable bonds is 1. The summed E-state index contributed by atoms with van der Waals surface area (Å²) >= 11 is 7.09. The van der Waals surface area contributed by atoms with Crippen molar-refractivity contribution in [3.63, 3.8) is 0 Å². The molecule has 2 aromatic rings. The number of aromatic nitrogens is 1. The topological polar surface area (TPSA) is 73.1 Å². The first-order valence-corrected chi connectivity index (χ1v) is 6.34. The molecule has 0 spiro atoms. The van der Waals surface area contributed by atoms with Gasteiger partial charge in [0, 0.05) is 0 Å². The van der Waals surface area contributed by atoms with Gasteiger partial charge in [-0.25, -0.2) is 18.5 Å². The quantitative estimate of drug-likeness (QED) is 0.833. The van der Waals surface area contributed by atoms with Gasteiger partial charge in [0.15, 0.2) is 0 Å². The highest BCUT2D eigenvalue weighted by molar-refractivity contribution is 7.89. The summed E-state index contributed by atoms with van der Waals surface area (Å²) in [4.78, 5) is 3.94. The van der Waals surface area contributed by atoms with Gasteiger partial charge >= 0.3 is 0 Å². The predicted octanol–water partition coefficient (Wildman–Crippen LogP) is 1.60. The molecule has 0 aliphatic heterocycles. The van der Waals surface area contributed by atoms with Crippen molar-refractivity contribution in [2.24, 2.45) is 5.14 Å². The average molecular weight is 249 g/mol. The minimum absolute atomic E-state index is 0.0593. The maximum Gasteiger partial charge on any atom is 0.239 e. The van der Waals surface area contributed by atoms with Crippen molar-refractivity contribution in [3.05, 3.63) is 22.7 Å². The molecule has 4 nitrogen and oxygen atoms in total. The molecule has 2 N–H and O–H groups in total. The van der Waals surface area contributed by atoms with E-state index in [1.54, 1.807) is 5.51 Å². The second kappa shape index (κ2) is 3.16. The van der Waals surface area contributed by atoms with Gasteiger partial charge in [0.2, 0.25) is 10.0 Å². The van der Waals surface area contributed by atoms with E-state index in [9.17, 15) is 8.42 Å². The molecule has 0 bridgehead atoms. The number of thiazole rings is 1. The molecule has 0 radical (unpaired) electrons. The van der Waals surface area contributed by atoms with Gasteiger partial charge in [0.25, 0.3) is 0 Å². The third kappa shape index (κ3) is 1.61. The summed E-state index contributed by atoms with van der Waals surface area (Å²) in [5.41, 5.74) is 2.29. The van der Waals surface area contributed by atoms with Crippen LogP contribution in [0.4, 0.5) is 0 Å². The van der Waals surface area contributed by atoms with E-state index in [4.69, 9.17) is 16.7 Å². The first-order valence-electron chi connectivity index (χ1n) is 3.54. The van der Waals surface area contributed by atoms with Crippen LogP contribution in [0, 0.1) is 0 Å². The van der Waals surface area contributed by atoms with Gasteiger partial charge < -0.3 is 0 Å². The third-order valence-corrected chi connectivity index (χ3v) is 3.86. The Labute approximate surface area is 89.4 Å². The van der Waals surface area contributed by atoms with Gasteiger partial charge in [0.05, 0.1) is 20.7 Å². The highest BCUT2D eigenvalue weighted by Crippen LogP contribution is 2.28. The van der Waals surface area contributed by atoms with Crippen molar-refractivity contribution in [1.29, 1.82) is 0 Å². The van der Waals surface area contributed by atoms with E-state index in [1.807, 2.05) is 0 Å². The lowest BCUT2D eigenvalue weighted by atomic mass is 10.3. The monoisotopic (exact) mass is 248 g/mol. The van der Waals surface area contributed by atoms with E-state index in [1.165, 1.54) is 23.5 Å². The molecule has 0 saturated carbocycles. The number of nitrogens with zero attached hydrogens (tertiary/aromatic N) is 1.